The summed E-state index contributed by atoms with van der Waals surface area (Å²) in [5, 5.41) is 3.20. The van der Waals surface area contributed by atoms with Crippen LogP contribution in [0.5, 0.6) is 0 Å². The standard InChI is InChI=1S/C18H11BrN4O3S2/c19-9-3-6-12-11(7-9)16(25)22-15-13(28-18(27)23(12)15)17(26)21-10-4-1-8(2-5-10)14(20)24/h1-7H,(H2,20,24)(H,21,26)(H,22,25). The van der Waals surface area contributed by atoms with Gasteiger partial charge in [-0.25, -0.2) is 0 Å². The van der Waals surface area contributed by atoms with Crippen LogP contribution in [0.1, 0.15) is 20.0 Å². The van der Waals surface area contributed by atoms with Gasteiger partial charge in [-0.3, -0.25) is 18.8 Å². The lowest BCUT2D eigenvalue weighted by atomic mass is 10.2. The minimum Gasteiger partial charge on any atom is -0.366 e. The maximum atomic E-state index is 12.8. The largest absolute Gasteiger partial charge is 0.366 e. The van der Waals surface area contributed by atoms with Crippen LogP contribution in [0.4, 0.5) is 5.69 Å². The number of hydrogen-bond donors (Lipinski definition) is 3. The lowest BCUT2D eigenvalue weighted by Crippen LogP contribution is -2.15. The highest BCUT2D eigenvalue weighted by molar-refractivity contribution is 9.10. The van der Waals surface area contributed by atoms with Crippen LogP contribution in [0.3, 0.4) is 0 Å². The number of fused-ring (bicyclic) bond motifs is 3. The Morgan fingerprint density at radius 2 is 1.89 bits per heavy atom. The van der Waals surface area contributed by atoms with Crippen molar-refractivity contribution in [2.45, 2.75) is 0 Å². The molecule has 140 valence electrons. The number of H-pyrrole nitrogens is 1. The van der Waals surface area contributed by atoms with E-state index in [-0.39, 0.29) is 10.4 Å². The van der Waals surface area contributed by atoms with Crippen molar-refractivity contribution in [1.82, 2.24) is 9.38 Å². The van der Waals surface area contributed by atoms with E-state index < -0.39 is 11.8 Å². The summed E-state index contributed by atoms with van der Waals surface area (Å²) < 4.78 is 2.88. The SMILES string of the molecule is NC(=O)c1ccc(NC(=O)c2sc(=S)n3c2[nH]c(=O)c2cc(Br)ccc23)cc1. The molecule has 0 saturated carbocycles. The number of primary amides is 1. The molecule has 0 spiro atoms. The van der Waals surface area contributed by atoms with Gasteiger partial charge >= 0.3 is 0 Å². The van der Waals surface area contributed by atoms with Gasteiger partial charge in [0.1, 0.15) is 10.5 Å². The van der Waals surface area contributed by atoms with Gasteiger partial charge < -0.3 is 16.0 Å². The number of nitrogens with one attached hydrogen (secondary N) is 2. The fourth-order valence-electron chi connectivity index (χ4n) is 2.83. The van der Waals surface area contributed by atoms with Crippen LogP contribution in [0.25, 0.3) is 16.6 Å². The van der Waals surface area contributed by atoms with Gasteiger partial charge in [-0.05, 0) is 54.7 Å². The molecule has 4 rings (SSSR count). The molecule has 0 aliphatic rings. The number of amides is 2. The molecule has 2 heterocycles. The van der Waals surface area contributed by atoms with E-state index in [9.17, 15) is 14.4 Å². The van der Waals surface area contributed by atoms with Crippen LogP contribution < -0.4 is 16.6 Å². The highest BCUT2D eigenvalue weighted by Crippen LogP contribution is 2.25. The van der Waals surface area contributed by atoms with E-state index in [0.717, 1.165) is 15.8 Å². The molecule has 0 radical (unpaired) electrons. The molecule has 7 nitrogen and oxygen atoms in total. The van der Waals surface area contributed by atoms with Crippen molar-refractivity contribution in [2.24, 2.45) is 5.73 Å². The number of benzene rings is 2. The molecule has 0 unspecified atom stereocenters. The van der Waals surface area contributed by atoms with E-state index in [1.54, 1.807) is 34.7 Å². The number of aromatic amines is 1. The molecule has 4 aromatic rings. The van der Waals surface area contributed by atoms with Crippen LogP contribution in [-0.4, -0.2) is 21.2 Å². The lowest BCUT2D eigenvalue weighted by molar-refractivity contribution is 0.0998. The molecule has 0 aliphatic carbocycles. The molecule has 0 aliphatic heterocycles. The third-order valence-corrected chi connectivity index (χ3v) is 5.99. The summed E-state index contributed by atoms with van der Waals surface area (Å²) in [4.78, 5) is 39.5. The zero-order chi connectivity index (χ0) is 20.0. The maximum Gasteiger partial charge on any atom is 0.269 e. The van der Waals surface area contributed by atoms with E-state index in [0.29, 0.717) is 31.8 Å². The van der Waals surface area contributed by atoms with E-state index in [1.807, 2.05) is 0 Å². The number of nitrogens with two attached hydrogens (primary N) is 1. The molecule has 0 atom stereocenters. The zero-order valence-corrected chi connectivity index (χ0v) is 17.2. The Hall–Kier alpha value is -2.82. The van der Waals surface area contributed by atoms with Crippen molar-refractivity contribution in [3.63, 3.8) is 0 Å². The monoisotopic (exact) mass is 474 g/mol. The third-order valence-electron chi connectivity index (χ3n) is 4.12. The Labute approximate surface area is 174 Å². The van der Waals surface area contributed by atoms with Gasteiger partial charge in [0, 0.05) is 15.7 Å². The Bertz CT molecular complexity index is 1390. The molecule has 2 amide bonds. The van der Waals surface area contributed by atoms with Gasteiger partial charge in [0.15, 0.2) is 3.95 Å². The number of aromatic nitrogens is 2. The molecule has 2 aromatic carbocycles. The maximum absolute atomic E-state index is 12.8. The third kappa shape index (κ3) is 3.15. The fraction of sp³-hybridized carbons (Fsp3) is 0. The first-order valence-corrected chi connectivity index (χ1v) is 9.95. The number of halogens is 1. The molecular formula is C18H11BrN4O3S2. The van der Waals surface area contributed by atoms with Crippen molar-refractivity contribution in [3.05, 3.63) is 71.7 Å². The summed E-state index contributed by atoms with van der Waals surface area (Å²) in [5.41, 5.74) is 6.68. The van der Waals surface area contributed by atoms with Crippen molar-refractivity contribution in [2.75, 3.05) is 5.32 Å². The van der Waals surface area contributed by atoms with Gasteiger partial charge in [0.05, 0.1) is 10.9 Å². The Balaban J connectivity index is 1.80. The number of nitrogens with zero attached hydrogens (tertiary/aromatic N) is 1. The number of hydrogen-bond acceptors (Lipinski definition) is 5. The molecule has 10 heteroatoms. The molecule has 0 fully saturated rings. The highest BCUT2D eigenvalue weighted by Gasteiger charge is 2.18. The van der Waals surface area contributed by atoms with Gasteiger partial charge in [0.2, 0.25) is 5.91 Å². The number of rotatable bonds is 3. The zero-order valence-electron chi connectivity index (χ0n) is 14.0. The van der Waals surface area contributed by atoms with Crippen molar-refractivity contribution in [3.8, 4) is 0 Å². The second kappa shape index (κ2) is 6.97. The minimum atomic E-state index is -0.551. The molecule has 0 bridgehead atoms. The second-order valence-corrected chi connectivity index (χ2v) is 8.45. The van der Waals surface area contributed by atoms with Gasteiger partial charge in [-0.15, -0.1) is 0 Å². The number of thiazole rings is 1. The normalized spacial score (nSPS) is 11.0. The predicted octanol–water partition coefficient (Wildman–Crippen LogP) is 3.69. The molecule has 0 saturated heterocycles. The van der Waals surface area contributed by atoms with E-state index in [2.05, 4.69) is 26.2 Å². The Kier molecular flexibility index (Phi) is 4.61. The summed E-state index contributed by atoms with van der Waals surface area (Å²) in [6, 6.07) is 11.5. The first-order valence-electron chi connectivity index (χ1n) is 7.93. The van der Waals surface area contributed by atoms with Crippen molar-refractivity contribution < 1.29 is 9.59 Å². The number of carbonyl (C=O) groups is 2. The van der Waals surface area contributed by atoms with E-state index in [1.165, 1.54) is 12.1 Å². The summed E-state index contributed by atoms with van der Waals surface area (Å²) >= 11 is 9.87. The number of anilines is 1. The first-order chi connectivity index (χ1) is 13.3. The van der Waals surface area contributed by atoms with Crippen molar-refractivity contribution >= 4 is 73.5 Å². The first kappa shape index (κ1) is 18.5. The van der Waals surface area contributed by atoms with E-state index in [4.69, 9.17) is 18.0 Å². The topological polar surface area (TPSA) is 109 Å². The summed E-state index contributed by atoms with van der Waals surface area (Å²) in [6.07, 6.45) is 0. The van der Waals surface area contributed by atoms with Gasteiger partial charge in [-0.1, -0.05) is 27.3 Å². The Morgan fingerprint density at radius 1 is 1.18 bits per heavy atom. The summed E-state index contributed by atoms with van der Waals surface area (Å²) in [6.45, 7) is 0. The van der Waals surface area contributed by atoms with Crippen LogP contribution in [0.2, 0.25) is 0 Å². The van der Waals surface area contributed by atoms with Crippen molar-refractivity contribution in [1.29, 1.82) is 0 Å². The average Bonchev–Trinajstić information content (AvgIpc) is 2.99. The van der Waals surface area contributed by atoms with Crippen LogP contribution >= 0.6 is 39.5 Å². The lowest BCUT2D eigenvalue weighted by Gasteiger charge is -2.06. The van der Waals surface area contributed by atoms with Crippen LogP contribution in [0, 0.1) is 3.95 Å². The second-order valence-electron chi connectivity index (χ2n) is 5.89. The highest BCUT2D eigenvalue weighted by atomic mass is 79.9. The number of carbonyl (C=O) groups excluding carboxylic acids is 2. The summed E-state index contributed by atoms with van der Waals surface area (Å²) in [7, 11) is 0. The van der Waals surface area contributed by atoms with Gasteiger partial charge in [-0.2, -0.15) is 0 Å². The van der Waals surface area contributed by atoms with Crippen LogP contribution in [0.15, 0.2) is 51.7 Å². The molecule has 2 aromatic heterocycles. The predicted molar refractivity (Wildman–Crippen MR) is 115 cm³/mol. The fourth-order valence-corrected chi connectivity index (χ4v) is 4.46. The molecule has 4 N–H and O–H groups in total. The minimum absolute atomic E-state index is 0.283. The average molecular weight is 475 g/mol. The smallest absolute Gasteiger partial charge is 0.269 e. The molecule has 28 heavy (non-hydrogen) atoms. The van der Waals surface area contributed by atoms with Crippen LogP contribution in [-0.2, 0) is 0 Å². The van der Waals surface area contributed by atoms with E-state index >= 15 is 0 Å². The Morgan fingerprint density at radius 3 is 2.57 bits per heavy atom. The summed E-state index contributed by atoms with van der Waals surface area (Å²) in [5.74, 6) is -0.970. The van der Waals surface area contributed by atoms with Gasteiger partial charge in [0.25, 0.3) is 11.5 Å². The quantitative estimate of drug-likeness (QED) is 0.393. The molecular weight excluding hydrogens is 464 g/mol.